The summed E-state index contributed by atoms with van der Waals surface area (Å²) in [6.45, 7) is 3.50. The topological polar surface area (TPSA) is 17.1 Å². The Balaban J connectivity index is 2.69. The van der Waals surface area contributed by atoms with Crippen LogP contribution in [0.1, 0.15) is 13.8 Å². The number of benzene rings is 1. The average molecular weight is 215 g/mol. The normalized spacial score (nSPS) is 12.5. The minimum Gasteiger partial charge on any atom is -0.299 e. The molecule has 1 nitrogen and oxygen atoms in total. The van der Waals surface area contributed by atoms with Crippen LogP contribution < -0.4 is 0 Å². The highest BCUT2D eigenvalue weighted by Gasteiger charge is 2.08. The summed E-state index contributed by atoms with van der Waals surface area (Å²) in [5.74, 6) is 0.185. The Morgan fingerprint density at radius 1 is 1.54 bits per heavy atom. The predicted molar refractivity (Wildman–Crippen MR) is 57.5 cm³/mol. The largest absolute Gasteiger partial charge is 0.299 e. The third kappa shape index (κ3) is 3.41. The molecule has 1 atom stereocenters. The number of halogens is 1. The zero-order valence-electron chi connectivity index (χ0n) is 7.58. The van der Waals surface area contributed by atoms with Gasteiger partial charge in [0.25, 0.3) is 0 Å². The first kappa shape index (κ1) is 10.6. The van der Waals surface area contributed by atoms with Gasteiger partial charge in [-0.1, -0.05) is 17.7 Å². The lowest BCUT2D eigenvalue weighted by Crippen LogP contribution is -2.07. The first-order chi connectivity index (χ1) is 6.09. The van der Waals surface area contributed by atoms with Gasteiger partial charge < -0.3 is 0 Å². The van der Waals surface area contributed by atoms with E-state index in [1.165, 1.54) is 11.8 Å². The number of Topliss-reactive ketones (excluding diaryl/α,β-unsaturated/α-hetero) is 1. The van der Waals surface area contributed by atoms with E-state index in [1.807, 2.05) is 31.2 Å². The first-order valence-corrected chi connectivity index (χ1v) is 5.28. The summed E-state index contributed by atoms with van der Waals surface area (Å²) in [7, 11) is 0. The Labute approximate surface area is 87.5 Å². The zero-order valence-corrected chi connectivity index (χ0v) is 9.15. The van der Waals surface area contributed by atoms with Gasteiger partial charge in [-0.2, -0.15) is 0 Å². The lowest BCUT2D eigenvalue weighted by atomic mass is 10.3. The second-order valence-corrected chi connectivity index (χ2v) is 4.68. The maximum Gasteiger partial charge on any atom is 0.142 e. The van der Waals surface area contributed by atoms with Crippen LogP contribution in [0.25, 0.3) is 0 Å². The number of hydrogen-bond donors (Lipinski definition) is 0. The van der Waals surface area contributed by atoms with Crippen LogP contribution in [0.3, 0.4) is 0 Å². The van der Waals surface area contributed by atoms with Crippen LogP contribution >= 0.6 is 23.4 Å². The summed E-state index contributed by atoms with van der Waals surface area (Å²) < 4.78 is 0. The molecule has 70 valence electrons. The maximum atomic E-state index is 11.0. The number of ketones is 1. The molecule has 0 saturated heterocycles. The van der Waals surface area contributed by atoms with Crippen LogP contribution in [0.4, 0.5) is 0 Å². The molecule has 0 radical (unpaired) electrons. The minimum atomic E-state index is -0.00142. The summed E-state index contributed by atoms with van der Waals surface area (Å²) in [4.78, 5) is 12.0. The van der Waals surface area contributed by atoms with Crippen LogP contribution in [0.5, 0.6) is 0 Å². The van der Waals surface area contributed by atoms with Crippen LogP contribution in [-0.4, -0.2) is 11.0 Å². The molecular weight excluding hydrogens is 204 g/mol. The molecule has 0 bridgehead atoms. The van der Waals surface area contributed by atoms with E-state index < -0.39 is 0 Å². The van der Waals surface area contributed by atoms with Crippen LogP contribution in [0, 0.1) is 0 Å². The van der Waals surface area contributed by atoms with Crippen LogP contribution in [-0.2, 0) is 4.79 Å². The quantitative estimate of drug-likeness (QED) is 0.718. The van der Waals surface area contributed by atoms with E-state index in [-0.39, 0.29) is 11.0 Å². The molecule has 0 spiro atoms. The van der Waals surface area contributed by atoms with Gasteiger partial charge in [-0.15, -0.1) is 11.8 Å². The molecule has 13 heavy (non-hydrogen) atoms. The van der Waals surface area contributed by atoms with E-state index in [0.717, 1.165) is 4.90 Å². The summed E-state index contributed by atoms with van der Waals surface area (Å²) in [5, 5.41) is 0.708. The third-order valence-electron chi connectivity index (χ3n) is 1.68. The van der Waals surface area contributed by atoms with E-state index in [2.05, 4.69) is 0 Å². The molecule has 0 N–H and O–H groups in total. The van der Waals surface area contributed by atoms with Crippen molar-refractivity contribution in [1.82, 2.24) is 0 Å². The highest BCUT2D eigenvalue weighted by atomic mass is 35.5. The predicted octanol–water partition coefficient (Wildman–Crippen LogP) is 3.41. The van der Waals surface area contributed by atoms with Gasteiger partial charge in [-0.3, -0.25) is 4.79 Å². The highest BCUT2D eigenvalue weighted by molar-refractivity contribution is 8.00. The second kappa shape index (κ2) is 4.68. The number of thioether (sulfide) groups is 1. The summed E-state index contributed by atoms with van der Waals surface area (Å²) in [5.41, 5.74) is 0. The third-order valence-corrected chi connectivity index (χ3v) is 3.13. The summed E-state index contributed by atoms with van der Waals surface area (Å²) >= 11 is 7.34. The molecule has 0 heterocycles. The lowest BCUT2D eigenvalue weighted by molar-refractivity contribution is -0.116. The van der Waals surface area contributed by atoms with Crippen molar-refractivity contribution in [3.05, 3.63) is 29.3 Å². The van der Waals surface area contributed by atoms with E-state index in [9.17, 15) is 4.79 Å². The molecule has 0 saturated carbocycles. The molecule has 0 amide bonds. The Bertz CT molecular complexity index is 312. The van der Waals surface area contributed by atoms with Crippen molar-refractivity contribution in [1.29, 1.82) is 0 Å². The number of hydrogen-bond acceptors (Lipinski definition) is 2. The van der Waals surface area contributed by atoms with Crippen molar-refractivity contribution in [2.24, 2.45) is 0 Å². The minimum absolute atomic E-state index is 0.00142. The Morgan fingerprint density at radius 3 is 2.77 bits per heavy atom. The molecule has 0 aliphatic carbocycles. The Kier molecular flexibility index (Phi) is 3.82. The number of rotatable bonds is 3. The smallest absolute Gasteiger partial charge is 0.142 e. The van der Waals surface area contributed by atoms with Gasteiger partial charge in [0.2, 0.25) is 0 Å². The molecule has 0 aromatic heterocycles. The van der Waals surface area contributed by atoms with Gasteiger partial charge in [0.05, 0.1) is 5.25 Å². The summed E-state index contributed by atoms with van der Waals surface area (Å²) in [6.07, 6.45) is 0. The fraction of sp³-hybridized carbons (Fsp3) is 0.300. The van der Waals surface area contributed by atoms with E-state index in [0.29, 0.717) is 5.02 Å². The van der Waals surface area contributed by atoms with E-state index in [1.54, 1.807) is 6.92 Å². The van der Waals surface area contributed by atoms with Crippen molar-refractivity contribution in [2.75, 3.05) is 0 Å². The fourth-order valence-corrected chi connectivity index (χ4v) is 2.01. The lowest BCUT2D eigenvalue weighted by Gasteiger charge is -2.06. The van der Waals surface area contributed by atoms with Gasteiger partial charge in [-0.25, -0.2) is 0 Å². The second-order valence-electron chi connectivity index (χ2n) is 2.83. The number of carbonyl (C=O) groups is 1. The van der Waals surface area contributed by atoms with Crippen molar-refractivity contribution in [2.45, 2.75) is 24.0 Å². The molecule has 0 aliphatic rings. The van der Waals surface area contributed by atoms with Crippen LogP contribution in [0.2, 0.25) is 5.02 Å². The van der Waals surface area contributed by atoms with E-state index in [4.69, 9.17) is 11.6 Å². The zero-order chi connectivity index (χ0) is 9.84. The van der Waals surface area contributed by atoms with Gasteiger partial charge in [0, 0.05) is 9.92 Å². The maximum absolute atomic E-state index is 11.0. The van der Waals surface area contributed by atoms with Gasteiger partial charge >= 0.3 is 0 Å². The standard InChI is InChI=1S/C10H11ClOS/c1-7(12)8(2)13-10-5-3-4-9(11)6-10/h3-6,8H,1-2H3. The van der Waals surface area contributed by atoms with Gasteiger partial charge in [-0.05, 0) is 32.0 Å². The molecule has 1 rings (SSSR count). The van der Waals surface area contributed by atoms with Crippen molar-refractivity contribution in [3.63, 3.8) is 0 Å². The molecule has 1 aromatic rings. The molecule has 1 unspecified atom stereocenters. The van der Waals surface area contributed by atoms with Crippen molar-refractivity contribution < 1.29 is 4.79 Å². The SMILES string of the molecule is CC(=O)C(C)Sc1cccc(Cl)c1. The first-order valence-electron chi connectivity index (χ1n) is 4.02. The molecule has 0 fully saturated rings. The molecular formula is C10H11ClOS. The average Bonchev–Trinajstić information content (AvgIpc) is 2.04. The Hall–Kier alpha value is -0.470. The van der Waals surface area contributed by atoms with E-state index >= 15 is 0 Å². The molecule has 0 aliphatic heterocycles. The Morgan fingerprint density at radius 2 is 2.23 bits per heavy atom. The van der Waals surface area contributed by atoms with Gasteiger partial charge in [0.1, 0.15) is 5.78 Å². The summed E-state index contributed by atoms with van der Waals surface area (Å²) in [6, 6.07) is 7.53. The monoisotopic (exact) mass is 214 g/mol. The van der Waals surface area contributed by atoms with Crippen LogP contribution in [0.15, 0.2) is 29.2 Å². The van der Waals surface area contributed by atoms with Crippen molar-refractivity contribution >= 4 is 29.1 Å². The molecule has 3 heteroatoms. The van der Waals surface area contributed by atoms with Crippen molar-refractivity contribution in [3.8, 4) is 0 Å². The molecule has 1 aromatic carbocycles. The fourth-order valence-electron chi connectivity index (χ4n) is 0.827. The number of carbonyl (C=O) groups excluding carboxylic acids is 1. The highest BCUT2D eigenvalue weighted by Crippen LogP contribution is 2.25. The van der Waals surface area contributed by atoms with Gasteiger partial charge in [0.15, 0.2) is 0 Å².